The van der Waals surface area contributed by atoms with E-state index < -0.39 is 28.0 Å². The molecule has 0 aliphatic rings. The predicted octanol–water partition coefficient (Wildman–Crippen LogP) is 0.724. The molecule has 0 aliphatic heterocycles. The first-order chi connectivity index (χ1) is 10.0. The van der Waals surface area contributed by atoms with Gasteiger partial charge in [-0.25, -0.2) is 0 Å². The Labute approximate surface area is 179 Å². The second-order valence-corrected chi connectivity index (χ2v) is 10.6. The first kappa shape index (κ1) is 41.0. The van der Waals surface area contributed by atoms with Gasteiger partial charge in [0, 0.05) is 0 Å². The van der Waals surface area contributed by atoms with Crippen molar-refractivity contribution < 1.29 is 47.9 Å². The summed E-state index contributed by atoms with van der Waals surface area (Å²) in [5, 5.41) is 50.5. The molecule has 0 heterocycles. The molecule has 6 heteroatoms. The molecule has 0 aromatic carbocycles. The van der Waals surface area contributed by atoms with Crippen molar-refractivity contribution in [1.82, 2.24) is 0 Å². The van der Waals surface area contributed by atoms with Crippen LogP contribution in [0.15, 0.2) is 0 Å². The van der Waals surface area contributed by atoms with Gasteiger partial charge in [0.2, 0.25) is 0 Å². The van der Waals surface area contributed by atoms with E-state index in [-0.39, 0.29) is 22.4 Å². The van der Waals surface area contributed by atoms with Crippen molar-refractivity contribution in [2.24, 2.45) is 0 Å². The van der Waals surface area contributed by atoms with Crippen LogP contribution in [0, 0.1) is 0 Å². The van der Waals surface area contributed by atoms with Gasteiger partial charge in [-0.3, -0.25) is 0 Å². The number of hydrogen-bond acceptors (Lipinski definition) is 5. The maximum Gasteiger partial charge on any atom is 5.00 e. The van der Waals surface area contributed by atoms with Crippen LogP contribution in [0.3, 0.4) is 0 Å². The predicted molar refractivity (Wildman–Crippen MR) is 98.8 cm³/mol. The van der Waals surface area contributed by atoms with Crippen LogP contribution >= 0.6 is 0 Å². The Morgan fingerprint density at radius 3 is 0.269 bits per heavy atom. The van der Waals surface area contributed by atoms with E-state index in [4.69, 9.17) is 0 Å². The SMILES string of the molecule is CC(C)(C)[O-].CC(C)(C)[O-].CC(C)(C)[O-].CC(C)(C)[O-].CC(C)(C)[O-].[Nb+5]. The second kappa shape index (κ2) is 16.5. The van der Waals surface area contributed by atoms with Crippen LogP contribution in [-0.4, -0.2) is 28.0 Å². The summed E-state index contributed by atoms with van der Waals surface area (Å²) in [5.41, 5.74) is -3.75. The van der Waals surface area contributed by atoms with E-state index in [1.54, 1.807) is 104 Å². The first-order valence-corrected chi connectivity index (χ1v) is 8.52. The van der Waals surface area contributed by atoms with Crippen molar-refractivity contribution in [2.45, 2.75) is 132 Å². The summed E-state index contributed by atoms with van der Waals surface area (Å²) in [6.45, 7) is 24.5. The summed E-state index contributed by atoms with van der Waals surface area (Å²) in [5.74, 6) is 0. The van der Waals surface area contributed by atoms with Crippen LogP contribution in [0.1, 0.15) is 104 Å². The largest absolute Gasteiger partial charge is 5.00 e. The van der Waals surface area contributed by atoms with Gasteiger partial charge in [-0.15, -0.1) is 28.0 Å². The van der Waals surface area contributed by atoms with Gasteiger partial charge in [0.05, 0.1) is 0 Å². The number of rotatable bonds is 0. The van der Waals surface area contributed by atoms with Crippen LogP contribution in [0.2, 0.25) is 0 Å². The molecule has 160 valence electrons. The Morgan fingerprint density at radius 1 is 0.269 bits per heavy atom. The molecule has 0 rings (SSSR count). The fourth-order valence-electron chi connectivity index (χ4n) is 0. The van der Waals surface area contributed by atoms with Crippen LogP contribution < -0.4 is 25.5 Å². The van der Waals surface area contributed by atoms with E-state index in [0.29, 0.717) is 0 Å². The van der Waals surface area contributed by atoms with Gasteiger partial charge in [-0.05, 0) is 0 Å². The van der Waals surface area contributed by atoms with Gasteiger partial charge in [-0.1, -0.05) is 104 Å². The molecule has 0 spiro atoms. The quantitative estimate of drug-likeness (QED) is 0.496. The minimum absolute atomic E-state index is 0. The first-order valence-electron chi connectivity index (χ1n) is 8.52. The molecule has 0 atom stereocenters. The van der Waals surface area contributed by atoms with E-state index in [1.807, 2.05) is 0 Å². The van der Waals surface area contributed by atoms with E-state index >= 15 is 0 Å². The summed E-state index contributed by atoms with van der Waals surface area (Å²) < 4.78 is 0. The van der Waals surface area contributed by atoms with E-state index in [0.717, 1.165) is 0 Å². The Kier molecular flexibility index (Phi) is 26.0. The van der Waals surface area contributed by atoms with Crippen molar-refractivity contribution >= 4 is 0 Å². The molecular weight excluding hydrogens is 413 g/mol. The zero-order chi connectivity index (χ0) is 22.5. The van der Waals surface area contributed by atoms with Crippen molar-refractivity contribution in [2.75, 3.05) is 0 Å². The number of hydrogen-bond donors (Lipinski definition) is 0. The van der Waals surface area contributed by atoms with Gasteiger partial charge < -0.3 is 25.5 Å². The third kappa shape index (κ3) is 46600. The molecule has 0 aromatic rings. The van der Waals surface area contributed by atoms with Crippen LogP contribution in [0.5, 0.6) is 0 Å². The van der Waals surface area contributed by atoms with Gasteiger partial charge in [0.25, 0.3) is 0 Å². The summed E-state index contributed by atoms with van der Waals surface area (Å²) in [6.07, 6.45) is 0. The topological polar surface area (TPSA) is 115 Å². The van der Waals surface area contributed by atoms with Gasteiger partial charge in [0.15, 0.2) is 0 Å². The molecule has 0 amide bonds. The molecule has 0 unspecified atom stereocenters. The zero-order valence-electron chi connectivity index (χ0n) is 20.0. The van der Waals surface area contributed by atoms with Crippen molar-refractivity contribution in [1.29, 1.82) is 0 Å². The van der Waals surface area contributed by atoms with Crippen LogP contribution in [0.4, 0.5) is 0 Å². The molecule has 26 heavy (non-hydrogen) atoms. The average Bonchev–Trinajstić information content (AvgIpc) is 1.79. The monoisotopic (exact) mass is 458 g/mol. The molecule has 0 fully saturated rings. The zero-order valence-corrected chi connectivity index (χ0v) is 22.2. The van der Waals surface area contributed by atoms with Gasteiger partial charge >= 0.3 is 22.4 Å². The Morgan fingerprint density at radius 2 is 0.269 bits per heavy atom. The molecule has 0 saturated heterocycles. The third-order valence-electron chi connectivity index (χ3n) is 0. The van der Waals surface area contributed by atoms with Crippen molar-refractivity contribution in [3.63, 3.8) is 0 Å². The van der Waals surface area contributed by atoms with Crippen molar-refractivity contribution in [3.05, 3.63) is 0 Å². The summed E-state index contributed by atoms with van der Waals surface area (Å²) in [4.78, 5) is 0. The molecular formula is C20H45NbO5. The Bertz CT molecular complexity index is 171. The minimum atomic E-state index is -0.750. The molecule has 5 nitrogen and oxygen atoms in total. The molecule has 0 N–H and O–H groups in total. The van der Waals surface area contributed by atoms with E-state index in [2.05, 4.69) is 0 Å². The van der Waals surface area contributed by atoms with Crippen LogP contribution in [0.25, 0.3) is 0 Å². The van der Waals surface area contributed by atoms with Gasteiger partial charge in [-0.2, -0.15) is 0 Å². The minimum Gasteiger partial charge on any atom is -0.850 e. The third-order valence-corrected chi connectivity index (χ3v) is 0. The normalized spacial score (nSPS) is 11.5. The Balaban J connectivity index is -0.0000000476. The molecule has 0 radical (unpaired) electrons. The molecule has 0 saturated carbocycles. The smallest absolute Gasteiger partial charge is 0.850 e. The molecule has 0 aromatic heterocycles. The summed E-state index contributed by atoms with van der Waals surface area (Å²) >= 11 is 0. The maximum absolute atomic E-state index is 10.1. The fourth-order valence-corrected chi connectivity index (χ4v) is 0. The standard InChI is InChI=1S/5C4H9O.Nb/c5*1-4(2,3)5;/h5*1-3H3;/q5*-1;+5. The van der Waals surface area contributed by atoms with Crippen molar-refractivity contribution in [3.8, 4) is 0 Å². The van der Waals surface area contributed by atoms with Gasteiger partial charge in [0.1, 0.15) is 0 Å². The summed E-state index contributed by atoms with van der Waals surface area (Å²) in [7, 11) is 0. The Hall–Kier alpha value is 0.540. The van der Waals surface area contributed by atoms with Crippen LogP contribution in [-0.2, 0) is 22.4 Å². The van der Waals surface area contributed by atoms with E-state index in [9.17, 15) is 25.5 Å². The average molecular weight is 458 g/mol. The second-order valence-electron chi connectivity index (χ2n) is 10.6. The maximum atomic E-state index is 10.1. The molecule has 0 bridgehead atoms. The molecule has 0 aliphatic carbocycles. The fraction of sp³-hybridized carbons (Fsp3) is 1.00. The summed E-state index contributed by atoms with van der Waals surface area (Å²) in [6, 6.07) is 0. The van der Waals surface area contributed by atoms with E-state index in [1.165, 1.54) is 0 Å².